The van der Waals surface area contributed by atoms with Crippen LogP contribution in [0.4, 0.5) is 5.69 Å². The van der Waals surface area contributed by atoms with Crippen LogP contribution in [0.15, 0.2) is 23.4 Å². The first-order valence-corrected chi connectivity index (χ1v) is 7.29. The molecule has 1 atom stereocenters. The van der Waals surface area contributed by atoms with Gasteiger partial charge in [-0.2, -0.15) is 0 Å². The highest BCUT2D eigenvalue weighted by Gasteiger charge is 2.36. The quantitative estimate of drug-likeness (QED) is 0.774. The molecule has 0 amide bonds. The van der Waals surface area contributed by atoms with Gasteiger partial charge in [-0.3, -0.25) is 4.98 Å². The highest BCUT2D eigenvalue weighted by atomic mass is 32.2. The van der Waals surface area contributed by atoms with E-state index >= 15 is 0 Å². The second kappa shape index (κ2) is 5.41. The van der Waals surface area contributed by atoms with E-state index in [1.807, 2.05) is 0 Å². The van der Waals surface area contributed by atoms with Gasteiger partial charge in [0.2, 0.25) is 10.0 Å². The fourth-order valence-electron chi connectivity index (χ4n) is 1.88. The summed E-state index contributed by atoms with van der Waals surface area (Å²) in [6, 6.07) is 1.44. The Morgan fingerprint density at radius 2 is 2.42 bits per heavy atom. The van der Waals surface area contributed by atoms with Crippen LogP contribution in [-0.4, -0.2) is 45.9 Å². The van der Waals surface area contributed by atoms with E-state index in [0.29, 0.717) is 19.6 Å². The molecule has 2 heterocycles. The van der Waals surface area contributed by atoms with Crippen molar-refractivity contribution in [3.8, 4) is 0 Å². The molecule has 106 valence electrons. The van der Waals surface area contributed by atoms with Crippen LogP contribution >= 0.6 is 0 Å². The van der Waals surface area contributed by atoms with E-state index in [9.17, 15) is 8.42 Å². The minimum Gasteiger partial charge on any atom is -0.398 e. The van der Waals surface area contributed by atoms with E-state index in [4.69, 9.17) is 15.2 Å². The third-order valence-corrected chi connectivity index (χ3v) is 4.63. The zero-order valence-electron chi connectivity index (χ0n) is 10.6. The fraction of sp³-hybridized carbons (Fsp3) is 0.545. The van der Waals surface area contributed by atoms with Crippen molar-refractivity contribution in [2.45, 2.75) is 16.9 Å². The summed E-state index contributed by atoms with van der Waals surface area (Å²) in [5.74, 6) is 0. The molecule has 3 N–H and O–H groups in total. The van der Waals surface area contributed by atoms with Crippen LogP contribution in [0, 0.1) is 0 Å². The molecule has 1 aliphatic rings. The third kappa shape index (κ3) is 3.03. The van der Waals surface area contributed by atoms with Gasteiger partial charge in [0.15, 0.2) is 0 Å². The Kier molecular flexibility index (Phi) is 4.04. The van der Waals surface area contributed by atoms with Crippen molar-refractivity contribution in [3.05, 3.63) is 18.5 Å². The van der Waals surface area contributed by atoms with Crippen molar-refractivity contribution in [3.63, 3.8) is 0 Å². The highest BCUT2D eigenvalue weighted by Crippen LogP contribution is 2.23. The smallest absolute Gasteiger partial charge is 0.244 e. The van der Waals surface area contributed by atoms with Crippen molar-refractivity contribution in [2.75, 3.05) is 32.6 Å². The van der Waals surface area contributed by atoms with E-state index in [1.54, 1.807) is 7.11 Å². The Morgan fingerprint density at radius 3 is 3.00 bits per heavy atom. The van der Waals surface area contributed by atoms with E-state index in [2.05, 4.69) is 9.71 Å². The number of nitrogens with zero attached hydrogens (tertiary/aromatic N) is 1. The predicted octanol–water partition coefficient (Wildman–Crippen LogP) is -0.252. The van der Waals surface area contributed by atoms with E-state index in [-0.39, 0.29) is 17.1 Å². The number of sulfonamides is 1. The topological polar surface area (TPSA) is 104 Å². The van der Waals surface area contributed by atoms with Crippen molar-refractivity contribution in [1.29, 1.82) is 0 Å². The maximum atomic E-state index is 12.1. The van der Waals surface area contributed by atoms with Gasteiger partial charge in [-0.05, 0) is 6.07 Å². The molecule has 19 heavy (non-hydrogen) atoms. The average molecular weight is 287 g/mol. The molecule has 0 bridgehead atoms. The minimum atomic E-state index is -3.70. The maximum absolute atomic E-state index is 12.1. The summed E-state index contributed by atoms with van der Waals surface area (Å²) in [7, 11) is -2.16. The number of rotatable bonds is 5. The van der Waals surface area contributed by atoms with Crippen molar-refractivity contribution in [2.24, 2.45) is 0 Å². The first-order valence-electron chi connectivity index (χ1n) is 5.81. The molecule has 0 spiro atoms. The number of nitrogen functional groups attached to an aromatic ring is 1. The van der Waals surface area contributed by atoms with Crippen molar-refractivity contribution >= 4 is 15.7 Å². The summed E-state index contributed by atoms with van der Waals surface area (Å²) in [4.78, 5) is 3.75. The Balaban J connectivity index is 2.12. The molecule has 0 aromatic carbocycles. The summed E-state index contributed by atoms with van der Waals surface area (Å²) in [6.45, 7) is 1.07. The SMILES string of the molecule is COC1(CNS(=O)(=O)c2cnccc2N)CCOC1. The maximum Gasteiger partial charge on any atom is 0.244 e. The van der Waals surface area contributed by atoms with Gasteiger partial charge >= 0.3 is 0 Å². The number of methoxy groups -OCH3 is 1. The first-order chi connectivity index (χ1) is 8.99. The second-order valence-electron chi connectivity index (χ2n) is 4.43. The number of pyridine rings is 1. The van der Waals surface area contributed by atoms with Gasteiger partial charge < -0.3 is 15.2 Å². The molecular formula is C11H17N3O4S. The normalized spacial score (nSPS) is 23.6. The van der Waals surface area contributed by atoms with Crippen LogP contribution in [-0.2, 0) is 19.5 Å². The van der Waals surface area contributed by atoms with Gasteiger partial charge in [-0.15, -0.1) is 0 Å². The molecule has 2 rings (SSSR count). The van der Waals surface area contributed by atoms with Crippen LogP contribution in [0.25, 0.3) is 0 Å². The summed E-state index contributed by atoms with van der Waals surface area (Å²) < 4.78 is 37.4. The number of nitrogens with two attached hydrogens (primary N) is 1. The van der Waals surface area contributed by atoms with Gasteiger partial charge in [-0.25, -0.2) is 13.1 Å². The summed E-state index contributed by atoms with van der Waals surface area (Å²) in [6.07, 6.45) is 3.31. The number of aromatic nitrogens is 1. The number of hydrogen-bond donors (Lipinski definition) is 2. The lowest BCUT2D eigenvalue weighted by atomic mass is 10.0. The van der Waals surface area contributed by atoms with Crippen molar-refractivity contribution in [1.82, 2.24) is 9.71 Å². The summed E-state index contributed by atoms with van der Waals surface area (Å²) >= 11 is 0. The van der Waals surface area contributed by atoms with Crippen LogP contribution in [0.1, 0.15) is 6.42 Å². The van der Waals surface area contributed by atoms with Crippen LogP contribution in [0.5, 0.6) is 0 Å². The zero-order valence-corrected chi connectivity index (χ0v) is 11.4. The first kappa shape index (κ1) is 14.2. The standard InChI is InChI=1S/C11H17N3O4S/c1-17-11(3-5-18-8-11)7-14-19(15,16)10-6-13-4-2-9(10)12/h2,4,6,14H,3,5,7-8H2,1H3,(H2,12,13). The predicted molar refractivity (Wildman–Crippen MR) is 69.0 cm³/mol. The van der Waals surface area contributed by atoms with E-state index < -0.39 is 15.6 Å². The largest absolute Gasteiger partial charge is 0.398 e. The fourth-order valence-corrected chi connectivity index (χ4v) is 3.07. The van der Waals surface area contributed by atoms with Crippen molar-refractivity contribution < 1.29 is 17.9 Å². The molecule has 1 aliphatic heterocycles. The summed E-state index contributed by atoms with van der Waals surface area (Å²) in [5, 5.41) is 0. The Hall–Kier alpha value is -1.22. The van der Waals surface area contributed by atoms with E-state index in [1.165, 1.54) is 18.5 Å². The summed E-state index contributed by atoms with van der Waals surface area (Å²) in [5.41, 5.74) is 5.20. The molecule has 8 heteroatoms. The van der Waals surface area contributed by atoms with Gasteiger partial charge in [0, 0.05) is 39.1 Å². The minimum absolute atomic E-state index is 0.0276. The number of hydrogen-bond acceptors (Lipinski definition) is 6. The monoisotopic (exact) mass is 287 g/mol. The van der Waals surface area contributed by atoms with E-state index in [0.717, 1.165) is 0 Å². The molecule has 0 aliphatic carbocycles. The lowest BCUT2D eigenvalue weighted by Crippen LogP contribution is -2.45. The number of anilines is 1. The zero-order chi connectivity index (χ0) is 13.9. The van der Waals surface area contributed by atoms with Gasteiger partial charge in [0.1, 0.15) is 10.5 Å². The lowest BCUT2D eigenvalue weighted by molar-refractivity contribution is -0.0120. The Bertz CT molecular complexity index is 541. The molecule has 1 aromatic heterocycles. The molecule has 1 fully saturated rings. The molecule has 1 saturated heterocycles. The Labute approximate surface area is 112 Å². The Morgan fingerprint density at radius 1 is 1.63 bits per heavy atom. The van der Waals surface area contributed by atoms with Gasteiger partial charge in [0.05, 0.1) is 12.3 Å². The average Bonchev–Trinajstić information content (AvgIpc) is 2.86. The van der Waals surface area contributed by atoms with Crippen LogP contribution in [0.3, 0.4) is 0 Å². The molecule has 0 saturated carbocycles. The number of nitrogens with one attached hydrogen (secondary N) is 1. The second-order valence-corrected chi connectivity index (χ2v) is 6.16. The van der Waals surface area contributed by atoms with Gasteiger partial charge in [-0.1, -0.05) is 0 Å². The van der Waals surface area contributed by atoms with Crippen LogP contribution < -0.4 is 10.5 Å². The molecule has 1 unspecified atom stereocenters. The third-order valence-electron chi connectivity index (χ3n) is 3.19. The lowest BCUT2D eigenvalue weighted by Gasteiger charge is -2.25. The van der Waals surface area contributed by atoms with Crippen LogP contribution in [0.2, 0.25) is 0 Å². The van der Waals surface area contributed by atoms with Gasteiger partial charge in [0.25, 0.3) is 0 Å². The highest BCUT2D eigenvalue weighted by molar-refractivity contribution is 7.89. The molecule has 1 aromatic rings. The number of ether oxygens (including phenoxy) is 2. The molecule has 7 nitrogen and oxygen atoms in total. The molecule has 0 radical (unpaired) electrons. The molecular weight excluding hydrogens is 270 g/mol.